The topological polar surface area (TPSA) is 49.6 Å². The maximum Gasteiger partial charge on any atom is 0.246 e. The molecule has 1 aliphatic heterocycles. The number of carbonyl (C=O) groups excluding carboxylic acids is 1. The Morgan fingerprint density at radius 3 is 2.78 bits per heavy atom. The van der Waals surface area contributed by atoms with Crippen molar-refractivity contribution in [2.45, 2.75) is 12.5 Å². The second-order valence-electron chi connectivity index (χ2n) is 4.51. The Kier molecular flexibility index (Phi) is 4.24. The number of benzene rings is 1. The van der Waals surface area contributed by atoms with Gasteiger partial charge in [-0.25, -0.2) is 0 Å². The monoisotopic (exact) mass is 311 g/mol. The fraction of sp³-hybridized carbons (Fsp3) is 0.462. The first kappa shape index (κ1) is 13.4. The summed E-state index contributed by atoms with van der Waals surface area (Å²) in [6.45, 7) is 1.97. The van der Waals surface area contributed by atoms with Gasteiger partial charge in [0, 0.05) is 31.2 Å². The zero-order valence-corrected chi connectivity index (χ0v) is 12.1. The number of nitrogens with two attached hydrogens (primary N) is 1. The van der Waals surface area contributed by atoms with Crippen LogP contribution in [0.15, 0.2) is 28.7 Å². The molecule has 0 aliphatic carbocycles. The molecule has 0 bridgehead atoms. The highest BCUT2D eigenvalue weighted by Crippen LogP contribution is 2.28. The number of amides is 1. The lowest BCUT2D eigenvalue weighted by molar-refractivity contribution is -0.130. The summed E-state index contributed by atoms with van der Waals surface area (Å²) in [5.74, 6) is 0.103. The van der Waals surface area contributed by atoms with Crippen molar-refractivity contribution >= 4 is 27.5 Å². The van der Waals surface area contributed by atoms with Crippen molar-refractivity contribution in [3.63, 3.8) is 0 Å². The van der Waals surface area contributed by atoms with E-state index in [-0.39, 0.29) is 11.9 Å². The van der Waals surface area contributed by atoms with Crippen LogP contribution in [-0.2, 0) is 4.79 Å². The molecule has 2 N–H and O–H groups in total. The molecule has 1 unspecified atom stereocenters. The molecule has 0 spiro atoms. The molecule has 5 heteroatoms. The van der Waals surface area contributed by atoms with Gasteiger partial charge in [-0.2, -0.15) is 0 Å². The molecule has 1 atom stereocenters. The predicted molar refractivity (Wildman–Crippen MR) is 76.6 cm³/mol. The summed E-state index contributed by atoms with van der Waals surface area (Å²) in [6, 6.07) is 7.69. The van der Waals surface area contributed by atoms with Gasteiger partial charge in [0.05, 0.1) is 5.69 Å². The number of rotatable bonds is 2. The first-order valence-electron chi connectivity index (χ1n) is 6.11. The van der Waals surface area contributed by atoms with Crippen LogP contribution in [0.5, 0.6) is 0 Å². The van der Waals surface area contributed by atoms with Crippen LogP contribution in [0.3, 0.4) is 0 Å². The highest BCUT2D eigenvalue weighted by Gasteiger charge is 2.30. The summed E-state index contributed by atoms with van der Waals surface area (Å²) in [6.07, 6.45) is 0.958. The number of para-hydroxylation sites is 1. The van der Waals surface area contributed by atoms with E-state index < -0.39 is 0 Å². The van der Waals surface area contributed by atoms with Crippen LogP contribution in [0.25, 0.3) is 0 Å². The van der Waals surface area contributed by atoms with Gasteiger partial charge in [-0.05, 0) is 34.5 Å². The summed E-state index contributed by atoms with van der Waals surface area (Å²) >= 11 is 3.54. The van der Waals surface area contributed by atoms with Crippen molar-refractivity contribution in [2.24, 2.45) is 5.73 Å². The first-order chi connectivity index (χ1) is 8.65. The van der Waals surface area contributed by atoms with Gasteiger partial charge in [0.2, 0.25) is 5.91 Å². The first-order valence-corrected chi connectivity index (χ1v) is 6.90. The van der Waals surface area contributed by atoms with Crippen LogP contribution >= 0.6 is 15.9 Å². The van der Waals surface area contributed by atoms with E-state index >= 15 is 0 Å². The Labute approximate surface area is 116 Å². The smallest absolute Gasteiger partial charge is 0.246 e. The van der Waals surface area contributed by atoms with Crippen LogP contribution in [0.4, 0.5) is 5.69 Å². The molecule has 0 saturated carbocycles. The quantitative estimate of drug-likeness (QED) is 0.899. The fourth-order valence-electron chi connectivity index (χ4n) is 2.33. The van der Waals surface area contributed by atoms with Crippen LogP contribution in [-0.4, -0.2) is 43.5 Å². The Morgan fingerprint density at radius 2 is 2.11 bits per heavy atom. The largest absolute Gasteiger partial charge is 0.358 e. The normalized spacial score (nSPS) is 21.1. The van der Waals surface area contributed by atoms with Crippen molar-refractivity contribution in [2.75, 3.05) is 31.6 Å². The molecule has 1 fully saturated rings. The lowest BCUT2D eigenvalue weighted by Gasteiger charge is -2.31. The molecule has 1 amide bonds. The van der Waals surface area contributed by atoms with Gasteiger partial charge in [0.1, 0.15) is 6.04 Å². The third-order valence-corrected chi connectivity index (χ3v) is 3.99. The van der Waals surface area contributed by atoms with Crippen molar-refractivity contribution < 1.29 is 4.79 Å². The summed E-state index contributed by atoms with van der Waals surface area (Å²) in [7, 11) is 1.84. The van der Waals surface area contributed by atoms with Gasteiger partial charge < -0.3 is 15.5 Å². The minimum atomic E-state index is -0.267. The Hall–Kier alpha value is -1.07. The van der Waals surface area contributed by atoms with E-state index in [4.69, 9.17) is 5.73 Å². The Morgan fingerprint density at radius 1 is 1.39 bits per heavy atom. The third kappa shape index (κ3) is 2.52. The number of nitrogens with zero attached hydrogens (tertiary/aromatic N) is 2. The minimum Gasteiger partial charge on any atom is -0.358 e. The number of carbonyl (C=O) groups is 1. The van der Waals surface area contributed by atoms with Gasteiger partial charge in [-0.3, -0.25) is 4.79 Å². The average Bonchev–Trinajstić information content (AvgIpc) is 2.50. The van der Waals surface area contributed by atoms with Crippen LogP contribution in [0.1, 0.15) is 6.42 Å². The Bertz CT molecular complexity index is 438. The summed E-state index contributed by atoms with van der Waals surface area (Å²) < 4.78 is 1.00. The van der Waals surface area contributed by atoms with Crippen LogP contribution in [0, 0.1) is 0 Å². The summed E-state index contributed by atoms with van der Waals surface area (Å²) in [4.78, 5) is 16.1. The van der Waals surface area contributed by atoms with Crippen molar-refractivity contribution in [3.05, 3.63) is 28.7 Å². The van der Waals surface area contributed by atoms with Crippen LogP contribution in [0.2, 0.25) is 0 Å². The standard InChI is InChI=1S/C13H18BrN3O/c1-16-7-4-8-17(12(9-15)13(16)18)11-6-3-2-5-10(11)14/h2-3,5-6,12H,4,7-9,15H2,1H3. The number of hydrogen-bond donors (Lipinski definition) is 1. The minimum absolute atomic E-state index is 0.103. The van der Waals surface area contributed by atoms with Crippen LogP contribution < -0.4 is 10.6 Å². The highest BCUT2D eigenvalue weighted by atomic mass is 79.9. The van der Waals surface area contributed by atoms with Crippen molar-refractivity contribution in [1.82, 2.24) is 4.90 Å². The van der Waals surface area contributed by atoms with E-state index in [0.29, 0.717) is 6.54 Å². The zero-order chi connectivity index (χ0) is 13.1. The van der Waals surface area contributed by atoms with E-state index in [1.165, 1.54) is 0 Å². The second kappa shape index (κ2) is 5.71. The van der Waals surface area contributed by atoms with Gasteiger partial charge >= 0.3 is 0 Å². The number of halogens is 1. The third-order valence-electron chi connectivity index (χ3n) is 3.32. The van der Waals surface area contributed by atoms with Crippen molar-refractivity contribution in [3.8, 4) is 0 Å². The predicted octanol–water partition coefficient (Wildman–Crippen LogP) is 1.44. The SMILES string of the molecule is CN1CCCN(c2ccccc2Br)C(CN)C1=O. The summed E-state index contributed by atoms with van der Waals surface area (Å²) in [5.41, 5.74) is 6.84. The number of hydrogen-bond acceptors (Lipinski definition) is 3. The molecular weight excluding hydrogens is 294 g/mol. The molecule has 1 saturated heterocycles. The van der Waals surface area contributed by atoms with E-state index in [1.807, 2.05) is 31.3 Å². The highest BCUT2D eigenvalue weighted by molar-refractivity contribution is 9.10. The maximum absolute atomic E-state index is 12.3. The molecule has 1 aliphatic rings. The molecule has 0 radical (unpaired) electrons. The number of anilines is 1. The van der Waals surface area contributed by atoms with Gasteiger partial charge in [0.25, 0.3) is 0 Å². The van der Waals surface area contributed by atoms with Crippen molar-refractivity contribution in [1.29, 1.82) is 0 Å². The molecule has 0 aromatic heterocycles. The van der Waals surface area contributed by atoms with Gasteiger partial charge in [-0.1, -0.05) is 12.1 Å². The maximum atomic E-state index is 12.3. The van der Waals surface area contributed by atoms with Gasteiger partial charge in [-0.15, -0.1) is 0 Å². The molecule has 98 valence electrons. The zero-order valence-electron chi connectivity index (χ0n) is 10.5. The van der Waals surface area contributed by atoms with E-state index in [2.05, 4.69) is 20.8 Å². The molecule has 1 aromatic rings. The molecule has 18 heavy (non-hydrogen) atoms. The second-order valence-corrected chi connectivity index (χ2v) is 5.36. The Balaban J connectivity index is 2.35. The molecule has 1 aromatic carbocycles. The molecule has 2 rings (SSSR count). The van der Waals surface area contributed by atoms with E-state index in [9.17, 15) is 4.79 Å². The molecular formula is C13H18BrN3O. The number of likely N-dealkylation sites (N-methyl/N-ethyl adjacent to an activating group) is 1. The lowest BCUT2D eigenvalue weighted by atomic mass is 10.2. The van der Waals surface area contributed by atoms with E-state index in [0.717, 1.165) is 29.7 Å². The average molecular weight is 312 g/mol. The fourth-order valence-corrected chi connectivity index (χ4v) is 2.85. The lowest BCUT2D eigenvalue weighted by Crippen LogP contribution is -2.49. The van der Waals surface area contributed by atoms with Gasteiger partial charge in [0.15, 0.2) is 0 Å². The van der Waals surface area contributed by atoms with E-state index in [1.54, 1.807) is 4.90 Å². The molecule has 1 heterocycles. The molecule has 4 nitrogen and oxygen atoms in total. The summed E-state index contributed by atoms with van der Waals surface area (Å²) in [5, 5.41) is 0.